The molecule has 1 aliphatic rings. The second-order valence-electron chi connectivity index (χ2n) is 3.20. The highest BCUT2D eigenvalue weighted by Crippen LogP contribution is 2.11. The molecule has 0 aromatic heterocycles. The number of nitrogens with zero attached hydrogens (tertiary/aromatic N) is 1. The maximum atomic E-state index is 10.7. The van der Waals surface area contributed by atoms with E-state index in [4.69, 9.17) is 0 Å². The highest BCUT2D eigenvalue weighted by Gasteiger charge is 2.12. The van der Waals surface area contributed by atoms with Crippen molar-refractivity contribution >= 4 is 22.8 Å². The van der Waals surface area contributed by atoms with Gasteiger partial charge in [0.15, 0.2) is 5.17 Å². The molecule has 0 aliphatic carbocycles. The van der Waals surface area contributed by atoms with Crippen LogP contribution in [0.4, 0.5) is 0 Å². The Labute approximate surface area is 77.0 Å². The van der Waals surface area contributed by atoms with Gasteiger partial charge in [-0.15, -0.1) is 0 Å². The maximum Gasteiger partial charge on any atom is 0.247 e. The number of aliphatic imine (C=N–C) groups is 1. The molecule has 0 saturated carbocycles. The Bertz CT molecular complexity index is 201. The summed E-state index contributed by atoms with van der Waals surface area (Å²) in [6.07, 6.45) is 1.17. The van der Waals surface area contributed by atoms with Crippen LogP contribution in [-0.2, 0) is 4.79 Å². The van der Waals surface area contributed by atoms with E-state index in [2.05, 4.69) is 24.2 Å². The van der Waals surface area contributed by atoms with Gasteiger partial charge in [-0.25, -0.2) is 0 Å². The highest BCUT2D eigenvalue weighted by molar-refractivity contribution is 8.13. The average molecular weight is 186 g/mol. The van der Waals surface area contributed by atoms with Crippen LogP contribution in [0.1, 0.15) is 20.3 Å². The predicted molar refractivity (Wildman–Crippen MR) is 52.4 cm³/mol. The molecular formula is C8H14N2OS. The number of carbonyl (C=O) groups excluding carboxylic acids is 1. The van der Waals surface area contributed by atoms with E-state index in [0.717, 1.165) is 16.8 Å². The summed E-state index contributed by atoms with van der Waals surface area (Å²) in [5, 5.41) is 3.49. The zero-order valence-corrected chi connectivity index (χ0v) is 8.28. The van der Waals surface area contributed by atoms with Gasteiger partial charge in [-0.05, 0) is 12.3 Å². The number of hydrogen-bond acceptors (Lipinski definition) is 3. The van der Waals surface area contributed by atoms with Crippen LogP contribution < -0.4 is 5.32 Å². The fourth-order valence-corrected chi connectivity index (χ4v) is 1.94. The van der Waals surface area contributed by atoms with E-state index in [1.165, 1.54) is 6.42 Å². The lowest BCUT2D eigenvalue weighted by Crippen LogP contribution is -2.22. The van der Waals surface area contributed by atoms with E-state index in [1.807, 2.05) is 0 Å². The van der Waals surface area contributed by atoms with E-state index in [9.17, 15) is 4.79 Å². The van der Waals surface area contributed by atoms with Crippen LogP contribution in [0.25, 0.3) is 0 Å². The molecule has 0 spiro atoms. The topological polar surface area (TPSA) is 41.5 Å². The molecule has 4 heteroatoms. The van der Waals surface area contributed by atoms with Crippen LogP contribution >= 0.6 is 11.8 Å². The minimum absolute atomic E-state index is 0.0158. The number of thioether (sulfide) groups is 1. The van der Waals surface area contributed by atoms with Gasteiger partial charge in [0.1, 0.15) is 6.54 Å². The van der Waals surface area contributed by atoms with Crippen molar-refractivity contribution in [3.05, 3.63) is 0 Å². The number of carbonyl (C=O) groups is 1. The van der Waals surface area contributed by atoms with Gasteiger partial charge in [0, 0.05) is 5.75 Å². The lowest BCUT2D eigenvalue weighted by molar-refractivity contribution is -0.117. The first-order valence-electron chi connectivity index (χ1n) is 4.15. The summed E-state index contributed by atoms with van der Waals surface area (Å²) in [4.78, 5) is 14.7. The first-order chi connectivity index (χ1) is 5.68. The predicted octanol–water partition coefficient (Wildman–Crippen LogP) is 1.25. The van der Waals surface area contributed by atoms with Gasteiger partial charge in [-0.1, -0.05) is 25.6 Å². The molecule has 1 amide bonds. The lowest BCUT2D eigenvalue weighted by atomic mass is 10.2. The molecule has 0 bridgehead atoms. The van der Waals surface area contributed by atoms with Crippen LogP contribution in [0.15, 0.2) is 4.99 Å². The van der Waals surface area contributed by atoms with Gasteiger partial charge in [0.25, 0.3) is 0 Å². The Balaban J connectivity index is 2.12. The molecule has 0 unspecified atom stereocenters. The van der Waals surface area contributed by atoms with E-state index in [-0.39, 0.29) is 5.91 Å². The van der Waals surface area contributed by atoms with Gasteiger partial charge in [0.2, 0.25) is 5.91 Å². The Kier molecular flexibility index (Phi) is 3.59. The van der Waals surface area contributed by atoms with Crippen LogP contribution in [0.5, 0.6) is 0 Å². The van der Waals surface area contributed by atoms with Crippen molar-refractivity contribution in [1.29, 1.82) is 0 Å². The molecule has 1 heterocycles. The molecule has 0 saturated heterocycles. The van der Waals surface area contributed by atoms with Crippen LogP contribution in [-0.4, -0.2) is 23.4 Å². The molecule has 3 nitrogen and oxygen atoms in total. The summed E-state index contributed by atoms with van der Waals surface area (Å²) in [5.74, 6) is 1.77. The fourth-order valence-electron chi connectivity index (χ4n) is 0.815. The van der Waals surface area contributed by atoms with Crippen molar-refractivity contribution < 1.29 is 4.79 Å². The van der Waals surface area contributed by atoms with Gasteiger partial charge >= 0.3 is 0 Å². The third-order valence-electron chi connectivity index (χ3n) is 1.55. The van der Waals surface area contributed by atoms with Crippen molar-refractivity contribution in [2.45, 2.75) is 20.3 Å². The summed E-state index contributed by atoms with van der Waals surface area (Å²) in [6, 6.07) is 0. The smallest absolute Gasteiger partial charge is 0.247 e. The molecule has 0 aromatic rings. The Morgan fingerprint density at radius 1 is 1.67 bits per heavy atom. The van der Waals surface area contributed by atoms with E-state index in [0.29, 0.717) is 6.54 Å². The van der Waals surface area contributed by atoms with E-state index in [1.54, 1.807) is 11.8 Å². The maximum absolute atomic E-state index is 10.7. The van der Waals surface area contributed by atoms with Crippen LogP contribution in [0.2, 0.25) is 0 Å². The van der Waals surface area contributed by atoms with Gasteiger partial charge in [-0.2, -0.15) is 0 Å². The van der Waals surface area contributed by atoms with Crippen molar-refractivity contribution in [2.24, 2.45) is 10.9 Å². The number of rotatable bonds is 3. The second kappa shape index (κ2) is 4.50. The van der Waals surface area contributed by atoms with Crippen LogP contribution in [0, 0.1) is 5.92 Å². The first-order valence-corrected chi connectivity index (χ1v) is 5.14. The minimum Gasteiger partial charge on any atom is -0.304 e. The van der Waals surface area contributed by atoms with Crippen LogP contribution in [0.3, 0.4) is 0 Å². The summed E-state index contributed by atoms with van der Waals surface area (Å²) in [7, 11) is 0. The highest BCUT2D eigenvalue weighted by atomic mass is 32.2. The Hall–Kier alpha value is -0.510. The fraction of sp³-hybridized carbons (Fsp3) is 0.750. The second-order valence-corrected chi connectivity index (χ2v) is 4.28. The average Bonchev–Trinajstić information content (AvgIpc) is 2.35. The molecule has 0 atom stereocenters. The van der Waals surface area contributed by atoms with Crippen molar-refractivity contribution in [3.63, 3.8) is 0 Å². The summed E-state index contributed by atoms with van der Waals surface area (Å²) >= 11 is 1.63. The number of hydrogen-bond donors (Lipinski definition) is 1. The molecule has 0 aromatic carbocycles. The Morgan fingerprint density at radius 3 is 2.92 bits per heavy atom. The van der Waals surface area contributed by atoms with Crippen molar-refractivity contribution in [2.75, 3.05) is 12.3 Å². The molecule has 1 aliphatic heterocycles. The quantitative estimate of drug-likeness (QED) is 0.720. The Morgan fingerprint density at radius 2 is 2.42 bits per heavy atom. The summed E-state index contributed by atoms with van der Waals surface area (Å²) < 4.78 is 0. The normalized spacial score (nSPS) is 16.6. The third kappa shape index (κ3) is 3.26. The largest absolute Gasteiger partial charge is 0.304 e. The lowest BCUT2D eigenvalue weighted by Gasteiger charge is -2.03. The molecule has 0 radical (unpaired) electrons. The van der Waals surface area contributed by atoms with E-state index < -0.39 is 0 Å². The number of amidine groups is 1. The summed E-state index contributed by atoms with van der Waals surface area (Å²) in [6.45, 7) is 4.69. The van der Waals surface area contributed by atoms with Gasteiger partial charge < -0.3 is 5.32 Å². The van der Waals surface area contributed by atoms with E-state index >= 15 is 0 Å². The molecule has 0 fully saturated rings. The van der Waals surface area contributed by atoms with Gasteiger partial charge in [-0.3, -0.25) is 9.79 Å². The molecule has 1 N–H and O–H groups in total. The molecule has 12 heavy (non-hydrogen) atoms. The third-order valence-corrected chi connectivity index (χ3v) is 2.49. The zero-order chi connectivity index (χ0) is 8.97. The summed E-state index contributed by atoms with van der Waals surface area (Å²) in [5.41, 5.74) is 0. The molecular weight excluding hydrogens is 172 g/mol. The monoisotopic (exact) mass is 186 g/mol. The number of nitrogens with one attached hydrogen (secondary N) is 1. The minimum atomic E-state index is 0.0158. The molecule has 68 valence electrons. The van der Waals surface area contributed by atoms with Crippen molar-refractivity contribution in [1.82, 2.24) is 5.32 Å². The van der Waals surface area contributed by atoms with Crippen molar-refractivity contribution in [3.8, 4) is 0 Å². The molecule has 1 rings (SSSR count). The SMILES string of the molecule is CC(C)CCSC1=NCC(=O)N1. The van der Waals surface area contributed by atoms with Gasteiger partial charge in [0.05, 0.1) is 0 Å². The standard InChI is InChI=1S/C8H14N2OS/c1-6(2)3-4-12-8-9-5-7(11)10-8/h6H,3-5H2,1-2H3,(H,9,10,11). The first kappa shape index (κ1) is 9.58. The zero-order valence-electron chi connectivity index (χ0n) is 7.46. The number of amides is 1.